The zero-order chi connectivity index (χ0) is 17.9. The summed E-state index contributed by atoms with van der Waals surface area (Å²) in [6.07, 6.45) is 1.39. The molecule has 2 amide bonds. The fourth-order valence-electron chi connectivity index (χ4n) is 3.79. The number of aliphatic hydroxyl groups is 1. The lowest BCUT2D eigenvalue weighted by atomic mass is 10.0. The Morgan fingerprint density at radius 2 is 1.92 bits per heavy atom. The summed E-state index contributed by atoms with van der Waals surface area (Å²) in [6, 6.07) is 10.4. The van der Waals surface area contributed by atoms with Crippen LogP contribution >= 0.6 is 11.3 Å². The lowest BCUT2D eigenvalue weighted by Gasteiger charge is -2.31. The number of thiophene rings is 1. The second-order valence-corrected chi connectivity index (χ2v) is 8.13. The number of nitrogens with zero attached hydrogens (tertiary/aromatic N) is 2. The van der Waals surface area contributed by atoms with Gasteiger partial charge in [-0.15, -0.1) is 11.3 Å². The molecule has 0 aliphatic carbocycles. The predicted molar refractivity (Wildman–Crippen MR) is 103 cm³/mol. The highest BCUT2D eigenvalue weighted by Gasteiger charge is 2.22. The first-order valence-electron chi connectivity index (χ1n) is 9.24. The van der Waals surface area contributed by atoms with E-state index < -0.39 is 6.10 Å². The van der Waals surface area contributed by atoms with Crippen molar-refractivity contribution in [1.29, 1.82) is 0 Å². The van der Waals surface area contributed by atoms with Gasteiger partial charge in [-0.25, -0.2) is 4.79 Å². The number of aliphatic hydroxyl groups excluding tert-OH is 1. The number of rotatable bonds is 4. The number of benzene rings is 1. The molecule has 0 saturated carbocycles. The maximum Gasteiger partial charge on any atom is 0.317 e. The third-order valence-corrected chi connectivity index (χ3v) is 6.23. The van der Waals surface area contributed by atoms with Crippen LogP contribution in [0.4, 0.5) is 4.79 Å². The third-order valence-electron chi connectivity index (χ3n) is 5.28. The summed E-state index contributed by atoms with van der Waals surface area (Å²) in [5.74, 6) is 0. The van der Waals surface area contributed by atoms with Crippen LogP contribution in [-0.2, 0) is 25.9 Å². The van der Waals surface area contributed by atoms with Crippen molar-refractivity contribution in [3.63, 3.8) is 0 Å². The first-order chi connectivity index (χ1) is 12.7. The Kier molecular flexibility index (Phi) is 5.24. The summed E-state index contributed by atoms with van der Waals surface area (Å²) in [5.41, 5.74) is 3.99. The van der Waals surface area contributed by atoms with Crippen molar-refractivity contribution < 1.29 is 9.90 Å². The molecule has 0 spiro atoms. The number of urea groups is 1. The molecule has 138 valence electrons. The second-order valence-electron chi connectivity index (χ2n) is 7.13. The second kappa shape index (κ2) is 7.78. The van der Waals surface area contributed by atoms with E-state index in [1.807, 2.05) is 17.0 Å². The maximum absolute atomic E-state index is 12.4. The Hall–Kier alpha value is -1.89. The molecule has 2 aromatic rings. The van der Waals surface area contributed by atoms with E-state index >= 15 is 0 Å². The predicted octanol–water partition coefficient (Wildman–Crippen LogP) is 2.23. The minimum Gasteiger partial charge on any atom is -0.390 e. The highest BCUT2D eigenvalue weighted by molar-refractivity contribution is 7.10. The van der Waals surface area contributed by atoms with E-state index in [1.54, 1.807) is 11.3 Å². The highest BCUT2D eigenvalue weighted by atomic mass is 32.1. The van der Waals surface area contributed by atoms with Crippen LogP contribution in [0.5, 0.6) is 0 Å². The van der Waals surface area contributed by atoms with Crippen molar-refractivity contribution in [1.82, 2.24) is 15.1 Å². The number of hydrogen-bond acceptors (Lipinski definition) is 4. The molecule has 0 fully saturated rings. The number of β-amino-alcohol motifs (C(OH)–C–C–N with tert-alkyl or cyclic N) is 1. The van der Waals surface area contributed by atoms with Crippen LogP contribution in [0.15, 0.2) is 35.7 Å². The minimum absolute atomic E-state index is 0.0854. The first kappa shape index (κ1) is 17.5. The highest BCUT2D eigenvalue weighted by Crippen LogP contribution is 2.24. The van der Waals surface area contributed by atoms with Gasteiger partial charge in [-0.2, -0.15) is 0 Å². The zero-order valence-corrected chi connectivity index (χ0v) is 15.7. The summed E-state index contributed by atoms with van der Waals surface area (Å²) >= 11 is 1.79. The monoisotopic (exact) mass is 371 g/mol. The van der Waals surface area contributed by atoms with Gasteiger partial charge < -0.3 is 15.3 Å². The van der Waals surface area contributed by atoms with E-state index in [9.17, 15) is 9.90 Å². The standard InChI is InChI=1S/C20H25N3O2S/c24-18(13-22-8-5-16-7-10-26-19(16)14-22)11-21-20(25)23-9-6-15-3-1-2-4-17(15)12-23/h1-4,7,10,18,24H,5-6,8-9,11-14H2,(H,21,25). The Labute approximate surface area is 158 Å². The normalized spacial score (nSPS) is 18.1. The zero-order valence-electron chi connectivity index (χ0n) is 14.9. The lowest BCUT2D eigenvalue weighted by Crippen LogP contribution is -2.47. The van der Waals surface area contributed by atoms with Gasteiger partial charge in [-0.1, -0.05) is 24.3 Å². The molecule has 2 N–H and O–H groups in total. The molecule has 6 heteroatoms. The molecule has 5 nitrogen and oxygen atoms in total. The molecule has 1 aromatic heterocycles. The molecular formula is C20H25N3O2S. The van der Waals surface area contributed by atoms with Crippen LogP contribution in [0.3, 0.4) is 0 Å². The molecule has 4 rings (SSSR count). The summed E-state index contributed by atoms with van der Waals surface area (Å²) < 4.78 is 0. The molecule has 1 atom stereocenters. The van der Waals surface area contributed by atoms with Crippen molar-refractivity contribution in [2.45, 2.75) is 32.0 Å². The van der Waals surface area contributed by atoms with Crippen LogP contribution in [0.1, 0.15) is 21.6 Å². The molecule has 0 radical (unpaired) electrons. The van der Waals surface area contributed by atoms with Crippen LogP contribution in [0, 0.1) is 0 Å². The molecule has 3 heterocycles. The van der Waals surface area contributed by atoms with Gasteiger partial charge in [0, 0.05) is 44.1 Å². The van der Waals surface area contributed by atoms with E-state index in [0.29, 0.717) is 19.6 Å². The van der Waals surface area contributed by atoms with E-state index in [1.165, 1.54) is 21.6 Å². The molecular weight excluding hydrogens is 346 g/mol. The molecule has 1 unspecified atom stereocenters. The maximum atomic E-state index is 12.4. The summed E-state index contributed by atoms with van der Waals surface area (Å²) in [7, 11) is 0. The van der Waals surface area contributed by atoms with Crippen LogP contribution in [0.25, 0.3) is 0 Å². The Morgan fingerprint density at radius 1 is 1.12 bits per heavy atom. The fraction of sp³-hybridized carbons (Fsp3) is 0.450. The van der Waals surface area contributed by atoms with Gasteiger partial charge in [0.1, 0.15) is 0 Å². The van der Waals surface area contributed by atoms with Crippen molar-refractivity contribution in [2.75, 3.05) is 26.2 Å². The Balaban J connectivity index is 1.23. The lowest BCUT2D eigenvalue weighted by molar-refractivity contribution is 0.104. The number of carbonyl (C=O) groups is 1. The molecule has 2 aliphatic heterocycles. The number of carbonyl (C=O) groups excluding carboxylic acids is 1. The van der Waals surface area contributed by atoms with Crippen molar-refractivity contribution in [2.24, 2.45) is 0 Å². The van der Waals surface area contributed by atoms with Gasteiger partial charge in [0.25, 0.3) is 0 Å². The number of fused-ring (bicyclic) bond motifs is 2. The van der Waals surface area contributed by atoms with E-state index in [-0.39, 0.29) is 6.03 Å². The van der Waals surface area contributed by atoms with Crippen molar-refractivity contribution in [3.8, 4) is 0 Å². The SMILES string of the molecule is O=C(NCC(O)CN1CCc2ccsc2C1)N1CCc2ccccc2C1. The van der Waals surface area contributed by atoms with Crippen LogP contribution < -0.4 is 5.32 Å². The summed E-state index contributed by atoms with van der Waals surface area (Å²) in [4.78, 5) is 17.9. The number of amides is 2. The summed E-state index contributed by atoms with van der Waals surface area (Å²) in [5, 5.41) is 15.4. The van der Waals surface area contributed by atoms with Crippen molar-refractivity contribution in [3.05, 3.63) is 57.3 Å². The molecule has 0 saturated heterocycles. The van der Waals surface area contributed by atoms with Crippen LogP contribution in [0.2, 0.25) is 0 Å². The largest absolute Gasteiger partial charge is 0.390 e. The molecule has 26 heavy (non-hydrogen) atoms. The first-order valence-corrected chi connectivity index (χ1v) is 10.1. The molecule has 0 bridgehead atoms. The smallest absolute Gasteiger partial charge is 0.317 e. The number of hydrogen-bond donors (Lipinski definition) is 2. The Bertz CT molecular complexity index is 776. The van der Waals surface area contributed by atoms with Crippen molar-refractivity contribution >= 4 is 17.4 Å². The Morgan fingerprint density at radius 3 is 2.81 bits per heavy atom. The van der Waals surface area contributed by atoms with Gasteiger partial charge in [0.15, 0.2) is 0 Å². The molecule has 2 aliphatic rings. The van der Waals surface area contributed by atoms with Gasteiger partial charge in [0.05, 0.1) is 6.10 Å². The van der Waals surface area contributed by atoms with E-state index in [4.69, 9.17) is 0 Å². The summed E-state index contributed by atoms with van der Waals surface area (Å²) in [6.45, 7) is 4.14. The fourth-order valence-corrected chi connectivity index (χ4v) is 4.77. The quantitative estimate of drug-likeness (QED) is 0.867. The van der Waals surface area contributed by atoms with Gasteiger partial charge in [-0.05, 0) is 41.0 Å². The van der Waals surface area contributed by atoms with Gasteiger partial charge in [-0.3, -0.25) is 4.90 Å². The van der Waals surface area contributed by atoms with Gasteiger partial charge in [0.2, 0.25) is 0 Å². The number of nitrogens with one attached hydrogen (secondary N) is 1. The van der Waals surface area contributed by atoms with E-state index in [0.717, 1.165) is 32.5 Å². The molecule has 1 aromatic carbocycles. The minimum atomic E-state index is -0.544. The van der Waals surface area contributed by atoms with Crippen LogP contribution in [-0.4, -0.2) is 53.2 Å². The average Bonchev–Trinajstić information content (AvgIpc) is 3.13. The average molecular weight is 372 g/mol. The topological polar surface area (TPSA) is 55.8 Å². The third kappa shape index (κ3) is 3.92. The van der Waals surface area contributed by atoms with E-state index in [2.05, 4.69) is 33.8 Å². The van der Waals surface area contributed by atoms with Gasteiger partial charge >= 0.3 is 6.03 Å².